The van der Waals surface area contributed by atoms with E-state index in [9.17, 15) is 19.7 Å². The summed E-state index contributed by atoms with van der Waals surface area (Å²) >= 11 is 2.94. The quantitative estimate of drug-likeness (QED) is 0.310. The van der Waals surface area contributed by atoms with Crippen LogP contribution in [0.2, 0.25) is 0 Å². The summed E-state index contributed by atoms with van der Waals surface area (Å²) in [6, 6.07) is 10.7. The third kappa shape index (κ3) is 4.77. The molecule has 0 saturated heterocycles. The number of ether oxygens (including phenoxy) is 1. The molecule has 0 aliphatic rings. The van der Waals surface area contributed by atoms with E-state index in [0.29, 0.717) is 16.9 Å². The minimum Gasteiger partial charge on any atom is -0.462 e. The zero-order valence-electron chi connectivity index (χ0n) is 16.4. The normalized spacial score (nSPS) is 11.6. The predicted octanol–water partition coefficient (Wildman–Crippen LogP) is 3.89. The average molecular weight is 446 g/mol. The number of hydrogen-bond acceptors (Lipinski definition) is 7. The summed E-state index contributed by atoms with van der Waals surface area (Å²) in [5.74, 6) is -0.160. The molecule has 0 spiro atoms. The lowest BCUT2D eigenvalue weighted by Crippen LogP contribution is -2.18. The van der Waals surface area contributed by atoms with Gasteiger partial charge in [-0.05, 0) is 37.4 Å². The predicted molar refractivity (Wildman–Crippen MR) is 117 cm³/mol. The minimum absolute atomic E-state index is 0.144. The summed E-state index contributed by atoms with van der Waals surface area (Å²) in [7, 11) is 0. The average Bonchev–Trinajstić information content (AvgIpc) is 3.08. The first-order chi connectivity index (χ1) is 14.4. The molecule has 0 aliphatic carbocycles. The van der Waals surface area contributed by atoms with Crippen molar-refractivity contribution in [2.45, 2.75) is 13.5 Å². The van der Waals surface area contributed by atoms with Gasteiger partial charge in [-0.15, -0.1) is 0 Å². The monoisotopic (exact) mass is 445 g/mol. The summed E-state index contributed by atoms with van der Waals surface area (Å²) in [6.45, 7) is 2.66. The zero-order valence-corrected chi connectivity index (χ0v) is 18.0. The van der Waals surface area contributed by atoms with Crippen LogP contribution >= 0.6 is 23.1 Å². The van der Waals surface area contributed by atoms with Gasteiger partial charge in [0.1, 0.15) is 0 Å². The number of hydrogen-bond donors (Lipinski definition) is 0. The molecular weight excluding hydrogens is 426 g/mol. The van der Waals surface area contributed by atoms with Crippen LogP contribution in [0, 0.1) is 10.1 Å². The Morgan fingerprint density at radius 3 is 2.73 bits per heavy atom. The molecule has 0 unspecified atom stereocenters. The maximum Gasteiger partial charge on any atom is 0.338 e. The van der Waals surface area contributed by atoms with Crippen LogP contribution < -0.4 is 4.80 Å². The highest BCUT2D eigenvalue weighted by Crippen LogP contribution is 2.21. The standard InChI is InChI=1S/C20H19N3O5S2/c1-3-28-19(25)14-7-8-16-17(12-14)30-20(22(16)9-10-29-2)21-18(24)13-5-4-6-15(11-13)23(26)27/h4-8,11-12H,3,9-10H2,1-2H3. The van der Waals surface area contributed by atoms with Crippen molar-refractivity contribution in [3.8, 4) is 0 Å². The molecule has 10 heteroatoms. The molecule has 0 saturated carbocycles. The summed E-state index contributed by atoms with van der Waals surface area (Å²) < 4.78 is 7.77. The number of rotatable bonds is 7. The molecule has 1 heterocycles. The fraction of sp³-hybridized carbons (Fsp3) is 0.250. The fourth-order valence-electron chi connectivity index (χ4n) is 2.80. The Kier molecular flexibility index (Phi) is 7.01. The van der Waals surface area contributed by atoms with E-state index in [1.54, 1.807) is 30.8 Å². The van der Waals surface area contributed by atoms with E-state index in [0.717, 1.165) is 16.0 Å². The lowest BCUT2D eigenvalue weighted by Gasteiger charge is -2.05. The Morgan fingerprint density at radius 2 is 2.03 bits per heavy atom. The first-order valence-corrected chi connectivity index (χ1v) is 11.3. The lowest BCUT2D eigenvalue weighted by atomic mass is 10.2. The smallest absolute Gasteiger partial charge is 0.338 e. The van der Waals surface area contributed by atoms with Gasteiger partial charge in [0.05, 0.1) is 27.3 Å². The molecule has 0 N–H and O–H groups in total. The van der Waals surface area contributed by atoms with Crippen molar-refractivity contribution in [1.82, 2.24) is 4.57 Å². The highest BCUT2D eigenvalue weighted by atomic mass is 32.2. The molecule has 3 rings (SSSR count). The molecule has 1 amide bonds. The van der Waals surface area contributed by atoms with Gasteiger partial charge in [-0.2, -0.15) is 16.8 Å². The Morgan fingerprint density at radius 1 is 1.23 bits per heavy atom. The lowest BCUT2D eigenvalue weighted by molar-refractivity contribution is -0.384. The van der Waals surface area contributed by atoms with Crippen molar-refractivity contribution >= 4 is 50.9 Å². The molecule has 2 aromatic carbocycles. The van der Waals surface area contributed by atoms with Crippen LogP contribution in [0.15, 0.2) is 47.5 Å². The van der Waals surface area contributed by atoms with Crippen LogP contribution in [0.5, 0.6) is 0 Å². The van der Waals surface area contributed by atoms with Gasteiger partial charge in [0, 0.05) is 30.0 Å². The van der Waals surface area contributed by atoms with Crippen LogP contribution in [0.4, 0.5) is 5.69 Å². The molecule has 0 aliphatic heterocycles. The van der Waals surface area contributed by atoms with Crippen molar-refractivity contribution in [3.63, 3.8) is 0 Å². The summed E-state index contributed by atoms with van der Waals surface area (Å²) in [5.41, 5.74) is 1.26. The SMILES string of the molecule is CCOC(=O)c1ccc2c(c1)sc(=NC(=O)c1cccc([N+](=O)[O-])c1)n2CCSC. The van der Waals surface area contributed by atoms with Crippen LogP contribution in [-0.2, 0) is 11.3 Å². The number of benzene rings is 2. The van der Waals surface area contributed by atoms with E-state index in [1.807, 2.05) is 16.9 Å². The second kappa shape index (κ2) is 9.68. The number of thiazole rings is 1. The topological polar surface area (TPSA) is 104 Å². The van der Waals surface area contributed by atoms with E-state index >= 15 is 0 Å². The van der Waals surface area contributed by atoms with Gasteiger partial charge in [0.2, 0.25) is 0 Å². The maximum atomic E-state index is 12.7. The number of esters is 1. The summed E-state index contributed by atoms with van der Waals surface area (Å²) in [6.07, 6.45) is 1.99. The number of nitrogens with zero attached hydrogens (tertiary/aromatic N) is 3. The van der Waals surface area contributed by atoms with E-state index in [2.05, 4.69) is 4.99 Å². The molecular formula is C20H19N3O5S2. The first kappa shape index (κ1) is 21.7. The highest BCUT2D eigenvalue weighted by Gasteiger charge is 2.14. The van der Waals surface area contributed by atoms with Gasteiger partial charge in [-0.25, -0.2) is 4.79 Å². The van der Waals surface area contributed by atoms with Crippen molar-refractivity contribution in [2.24, 2.45) is 4.99 Å². The van der Waals surface area contributed by atoms with Crippen molar-refractivity contribution in [3.05, 3.63) is 68.5 Å². The Balaban J connectivity index is 2.08. The number of aryl methyl sites for hydroxylation is 1. The summed E-state index contributed by atoms with van der Waals surface area (Å²) in [5, 5.41) is 11.0. The fourth-order valence-corrected chi connectivity index (χ4v) is 4.26. The number of thioether (sulfide) groups is 1. The van der Waals surface area contributed by atoms with Crippen molar-refractivity contribution in [1.29, 1.82) is 0 Å². The van der Waals surface area contributed by atoms with E-state index < -0.39 is 16.8 Å². The third-order valence-corrected chi connectivity index (χ3v) is 5.85. The number of nitro benzene ring substituents is 1. The van der Waals surface area contributed by atoms with Crippen LogP contribution in [0.3, 0.4) is 0 Å². The van der Waals surface area contributed by atoms with Crippen molar-refractivity contribution in [2.75, 3.05) is 18.6 Å². The van der Waals surface area contributed by atoms with E-state index in [1.165, 1.54) is 35.6 Å². The second-order valence-electron chi connectivity index (χ2n) is 6.16. The number of carbonyl (C=O) groups excluding carboxylic acids is 2. The zero-order chi connectivity index (χ0) is 21.7. The number of nitro groups is 1. The number of amides is 1. The van der Waals surface area contributed by atoms with Gasteiger partial charge in [-0.3, -0.25) is 14.9 Å². The molecule has 0 radical (unpaired) electrons. The molecule has 30 heavy (non-hydrogen) atoms. The van der Waals surface area contributed by atoms with Crippen molar-refractivity contribution < 1.29 is 19.2 Å². The van der Waals surface area contributed by atoms with Gasteiger partial charge >= 0.3 is 5.97 Å². The van der Waals surface area contributed by atoms with Gasteiger partial charge in [0.15, 0.2) is 4.80 Å². The summed E-state index contributed by atoms with van der Waals surface area (Å²) in [4.78, 5) is 39.8. The Bertz CT molecular complexity index is 1180. The minimum atomic E-state index is -0.561. The highest BCUT2D eigenvalue weighted by molar-refractivity contribution is 7.98. The molecule has 156 valence electrons. The first-order valence-electron chi connectivity index (χ1n) is 9.07. The van der Waals surface area contributed by atoms with E-state index in [-0.39, 0.29) is 17.9 Å². The molecule has 0 atom stereocenters. The molecule has 3 aromatic rings. The largest absolute Gasteiger partial charge is 0.462 e. The Labute approximate surface area is 180 Å². The molecule has 8 nitrogen and oxygen atoms in total. The van der Waals surface area contributed by atoms with Gasteiger partial charge in [-0.1, -0.05) is 17.4 Å². The maximum absolute atomic E-state index is 12.7. The molecule has 0 fully saturated rings. The third-order valence-electron chi connectivity index (χ3n) is 4.21. The number of non-ortho nitro benzene ring substituents is 1. The Hall–Kier alpha value is -2.98. The number of fused-ring (bicyclic) bond motifs is 1. The van der Waals surface area contributed by atoms with Crippen LogP contribution in [0.25, 0.3) is 10.2 Å². The second-order valence-corrected chi connectivity index (χ2v) is 8.15. The van der Waals surface area contributed by atoms with Crippen LogP contribution in [-0.4, -0.2) is 40.0 Å². The van der Waals surface area contributed by atoms with Gasteiger partial charge in [0.25, 0.3) is 11.6 Å². The molecule has 1 aromatic heterocycles. The molecule has 0 bridgehead atoms. The number of aromatic nitrogens is 1. The van der Waals surface area contributed by atoms with Crippen LogP contribution in [0.1, 0.15) is 27.6 Å². The number of carbonyl (C=O) groups is 2. The van der Waals surface area contributed by atoms with Gasteiger partial charge < -0.3 is 9.30 Å². The van der Waals surface area contributed by atoms with E-state index in [4.69, 9.17) is 4.74 Å².